The SMILES string of the molecule is CCOCCNC(=NC)NCC1(N2CCCC2)CCOCC1.I. The van der Waals surface area contributed by atoms with Crippen LogP contribution in [0.3, 0.4) is 0 Å². The number of rotatable bonds is 7. The Morgan fingerprint density at radius 1 is 1.22 bits per heavy atom. The molecule has 0 bridgehead atoms. The lowest BCUT2D eigenvalue weighted by Gasteiger charge is -2.45. The van der Waals surface area contributed by atoms with Gasteiger partial charge in [0.05, 0.1) is 6.61 Å². The van der Waals surface area contributed by atoms with Crippen LogP contribution in [0.25, 0.3) is 0 Å². The average molecular weight is 440 g/mol. The number of nitrogens with one attached hydrogen (secondary N) is 2. The van der Waals surface area contributed by atoms with E-state index in [9.17, 15) is 0 Å². The predicted octanol–water partition coefficient (Wildman–Crippen LogP) is 1.45. The fourth-order valence-corrected chi connectivity index (χ4v) is 3.40. The van der Waals surface area contributed by atoms with E-state index in [1.807, 2.05) is 14.0 Å². The van der Waals surface area contributed by atoms with E-state index in [2.05, 4.69) is 20.5 Å². The molecule has 0 aromatic carbocycles. The minimum atomic E-state index is 0. The predicted molar refractivity (Wildman–Crippen MR) is 105 cm³/mol. The summed E-state index contributed by atoms with van der Waals surface area (Å²) >= 11 is 0. The third kappa shape index (κ3) is 6.36. The van der Waals surface area contributed by atoms with E-state index in [0.717, 1.165) is 51.7 Å². The highest BCUT2D eigenvalue weighted by atomic mass is 127. The maximum Gasteiger partial charge on any atom is 0.191 e. The molecule has 0 radical (unpaired) electrons. The lowest BCUT2D eigenvalue weighted by atomic mass is 9.88. The van der Waals surface area contributed by atoms with Gasteiger partial charge in [-0.3, -0.25) is 9.89 Å². The number of nitrogens with zero attached hydrogens (tertiary/aromatic N) is 2. The van der Waals surface area contributed by atoms with Gasteiger partial charge in [0.1, 0.15) is 0 Å². The Balaban J connectivity index is 0.00000264. The molecule has 2 rings (SSSR count). The monoisotopic (exact) mass is 440 g/mol. The Hall–Kier alpha value is -0.120. The molecular weight excluding hydrogens is 407 g/mol. The van der Waals surface area contributed by atoms with Crippen molar-refractivity contribution in [2.45, 2.75) is 38.1 Å². The highest BCUT2D eigenvalue weighted by molar-refractivity contribution is 14.0. The summed E-state index contributed by atoms with van der Waals surface area (Å²) in [6.45, 7) is 9.38. The zero-order valence-electron chi connectivity index (χ0n) is 14.6. The Morgan fingerprint density at radius 3 is 2.52 bits per heavy atom. The molecule has 2 heterocycles. The van der Waals surface area contributed by atoms with E-state index in [1.165, 1.54) is 25.9 Å². The van der Waals surface area contributed by atoms with Crippen molar-refractivity contribution in [1.82, 2.24) is 15.5 Å². The van der Waals surface area contributed by atoms with Gasteiger partial charge in [-0.15, -0.1) is 24.0 Å². The molecule has 2 aliphatic heterocycles. The van der Waals surface area contributed by atoms with Crippen LogP contribution >= 0.6 is 24.0 Å². The zero-order valence-corrected chi connectivity index (χ0v) is 16.9. The van der Waals surface area contributed by atoms with Crippen molar-refractivity contribution in [2.75, 3.05) is 59.7 Å². The van der Waals surface area contributed by atoms with Crippen LogP contribution in [-0.2, 0) is 9.47 Å². The van der Waals surface area contributed by atoms with Crippen LogP contribution in [0.4, 0.5) is 0 Å². The zero-order chi connectivity index (χ0) is 15.7. The fraction of sp³-hybridized carbons (Fsp3) is 0.938. The van der Waals surface area contributed by atoms with Crippen molar-refractivity contribution >= 4 is 29.9 Å². The van der Waals surface area contributed by atoms with Gasteiger partial charge in [0, 0.05) is 45.5 Å². The maximum atomic E-state index is 5.59. The van der Waals surface area contributed by atoms with E-state index in [-0.39, 0.29) is 29.5 Å². The molecule has 2 aliphatic rings. The molecule has 0 unspecified atom stereocenters. The second-order valence-electron chi connectivity index (χ2n) is 6.08. The molecule has 2 saturated heterocycles. The molecule has 23 heavy (non-hydrogen) atoms. The summed E-state index contributed by atoms with van der Waals surface area (Å²) in [5, 5.41) is 6.84. The van der Waals surface area contributed by atoms with Gasteiger partial charge in [0.2, 0.25) is 0 Å². The van der Waals surface area contributed by atoms with Crippen molar-refractivity contribution < 1.29 is 9.47 Å². The summed E-state index contributed by atoms with van der Waals surface area (Å²) in [6.07, 6.45) is 4.86. The van der Waals surface area contributed by atoms with Gasteiger partial charge in [-0.05, 0) is 45.7 Å². The van der Waals surface area contributed by atoms with E-state index in [4.69, 9.17) is 9.47 Å². The van der Waals surface area contributed by atoms with Crippen LogP contribution in [0.1, 0.15) is 32.6 Å². The lowest BCUT2D eigenvalue weighted by molar-refractivity contribution is -0.0164. The fourth-order valence-electron chi connectivity index (χ4n) is 3.40. The Morgan fingerprint density at radius 2 is 1.91 bits per heavy atom. The molecule has 0 aromatic heterocycles. The molecule has 7 heteroatoms. The number of aliphatic imine (C=N–C) groups is 1. The minimum absolute atomic E-state index is 0. The van der Waals surface area contributed by atoms with Gasteiger partial charge >= 0.3 is 0 Å². The number of likely N-dealkylation sites (tertiary alicyclic amines) is 1. The van der Waals surface area contributed by atoms with Crippen molar-refractivity contribution in [3.63, 3.8) is 0 Å². The first-order valence-electron chi connectivity index (χ1n) is 8.66. The Kier molecular flexibility index (Phi) is 10.4. The molecule has 0 aromatic rings. The Labute approximate surface area is 157 Å². The van der Waals surface area contributed by atoms with Gasteiger partial charge in [0.15, 0.2) is 5.96 Å². The van der Waals surface area contributed by atoms with Crippen LogP contribution in [-0.4, -0.2) is 76.1 Å². The third-order valence-corrected chi connectivity index (χ3v) is 4.75. The first-order chi connectivity index (χ1) is 10.8. The minimum Gasteiger partial charge on any atom is -0.381 e. The number of hydrogen-bond acceptors (Lipinski definition) is 4. The lowest BCUT2D eigenvalue weighted by Crippen LogP contribution is -2.58. The van der Waals surface area contributed by atoms with Crippen LogP contribution in [0.5, 0.6) is 0 Å². The molecule has 0 spiro atoms. The molecule has 136 valence electrons. The van der Waals surface area contributed by atoms with Crippen molar-refractivity contribution in [1.29, 1.82) is 0 Å². The molecule has 6 nitrogen and oxygen atoms in total. The highest BCUT2D eigenvalue weighted by Crippen LogP contribution is 2.30. The maximum absolute atomic E-state index is 5.59. The normalized spacial score (nSPS) is 21.7. The van der Waals surface area contributed by atoms with Crippen molar-refractivity contribution in [2.24, 2.45) is 4.99 Å². The summed E-state index contributed by atoms with van der Waals surface area (Å²) in [4.78, 5) is 6.98. The van der Waals surface area contributed by atoms with Crippen LogP contribution in [0, 0.1) is 0 Å². The summed E-state index contributed by atoms with van der Waals surface area (Å²) in [5.41, 5.74) is 0.228. The van der Waals surface area contributed by atoms with Gasteiger partial charge in [-0.1, -0.05) is 0 Å². The topological polar surface area (TPSA) is 58.1 Å². The first-order valence-corrected chi connectivity index (χ1v) is 8.66. The first kappa shape index (κ1) is 20.9. The molecule has 0 amide bonds. The largest absolute Gasteiger partial charge is 0.381 e. The quantitative estimate of drug-likeness (QED) is 0.272. The number of hydrogen-bond donors (Lipinski definition) is 2. The van der Waals surface area contributed by atoms with Gasteiger partial charge in [-0.2, -0.15) is 0 Å². The summed E-state index contributed by atoms with van der Waals surface area (Å²) in [7, 11) is 1.82. The van der Waals surface area contributed by atoms with Crippen molar-refractivity contribution in [3.05, 3.63) is 0 Å². The summed E-state index contributed by atoms with van der Waals surface area (Å²) in [5.74, 6) is 0.866. The smallest absolute Gasteiger partial charge is 0.191 e. The molecule has 2 N–H and O–H groups in total. The number of ether oxygens (including phenoxy) is 2. The highest BCUT2D eigenvalue weighted by Gasteiger charge is 2.39. The molecule has 0 saturated carbocycles. The summed E-state index contributed by atoms with van der Waals surface area (Å²) < 4.78 is 10.9. The average Bonchev–Trinajstić information content (AvgIpc) is 3.10. The van der Waals surface area contributed by atoms with Crippen molar-refractivity contribution in [3.8, 4) is 0 Å². The molecule has 0 aliphatic carbocycles. The number of guanidine groups is 1. The molecule has 0 atom stereocenters. The van der Waals surface area contributed by atoms with Crippen LogP contribution in [0.2, 0.25) is 0 Å². The standard InChI is InChI=1S/C16H32N4O2.HI/c1-3-21-13-8-18-15(17-2)19-14-16(6-11-22-12-7-16)20-9-4-5-10-20;/h3-14H2,1-2H3,(H2,17,18,19);1H. The molecule has 2 fully saturated rings. The van der Waals surface area contributed by atoms with E-state index >= 15 is 0 Å². The van der Waals surface area contributed by atoms with Gasteiger partial charge in [-0.25, -0.2) is 0 Å². The molecular formula is C16H33IN4O2. The Bertz CT molecular complexity index is 343. The second-order valence-corrected chi connectivity index (χ2v) is 6.08. The van der Waals surface area contributed by atoms with E-state index in [0.29, 0.717) is 6.61 Å². The second kappa shape index (κ2) is 11.4. The van der Waals surface area contributed by atoms with Crippen LogP contribution in [0.15, 0.2) is 4.99 Å². The third-order valence-electron chi connectivity index (χ3n) is 4.75. The number of halogens is 1. The van der Waals surface area contributed by atoms with Crippen LogP contribution < -0.4 is 10.6 Å². The van der Waals surface area contributed by atoms with E-state index in [1.54, 1.807) is 0 Å². The van der Waals surface area contributed by atoms with Gasteiger partial charge < -0.3 is 20.1 Å². The van der Waals surface area contributed by atoms with Gasteiger partial charge in [0.25, 0.3) is 0 Å². The van der Waals surface area contributed by atoms with E-state index < -0.39 is 0 Å². The summed E-state index contributed by atoms with van der Waals surface area (Å²) in [6, 6.07) is 0.